The predicted octanol–water partition coefficient (Wildman–Crippen LogP) is 3.66. The number of carbonyl (C=O) groups is 2. The van der Waals surface area contributed by atoms with Crippen LogP contribution in [-0.2, 0) is 11.3 Å². The van der Waals surface area contributed by atoms with Crippen molar-refractivity contribution in [1.29, 1.82) is 0 Å². The number of nitrogens with zero attached hydrogens (tertiary/aromatic N) is 3. The van der Waals surface area contributed by atoms with Crippen molar-refractivity contribution >= 4 is 33.8 Å². The average Bonchev–Trinajstić information content (AvgIpc) is 3.26. The number of H-pyrrole nitrogens is 1. The van der Waals surface area contributed by atoms with Gasteiger partial charge in [0.05, 0.1) is 5.69 Å². The van der Waals surface area contributed by atoms with Crippen molar-refractivity contribution in [1.82, 2.24) is 19.8 Å². The summed E-state index contributed by atoms with van der Waals surface area (Å²) in [5.41, 5.74) is 2.06. The van der Waals surface area contributed by atoms with Gasteiger partial charge in [0, 0.05) is 42.5 Å². The fourth-order valence-corrected chi connectivity index (χ4v) is 3.96. The van der Waals surface area contributed by atoms with E-state index in [1.165, 1.54) is 12.1 Å². The SMILES string of the molecule is O=C(OCc1ccc2cccc(O)c2n1)N1CCN(C(=O)c2cc3cc(F)ccc3[nH]2)CC1. The molecule has 0 radical (unpaired) electrons. The van der Waals surface area contributed by atoms with Crippen LogP contribution in [0.2, 0.25) is 0 Å². The van der Waals surface area contributed by atoms with Crippen LogP contribution < -0.4 is 0 Å². The molecule has 1 aliphatic heterocycles. The molecule has 33 heavy (non-hydrogen) atoms. The summed E-state index contributed by atoms with van der Waals surface area (Å²) in [6, 6.07) is 14.6. The number of phenols is 1. The third-order valence-corrected chi connectivity index (χ3v) is 5.74. The van der Waals surface area contributed by atoms with Gasteiger partial charge in [-0.05, 0) is 36.4 Å². The maximum Gasteiger partial charge on any atom is 0.410 e. The number of ether oxygens (including phenoxy) is 1. The first-order valence-electron chi connectivity index (χ1n) is 10.5. The number of aromatic hydroxyl groups is 1. The van der Waals surface area contributed by atoms with E-state index >= 15 is 0 Å². The number of nitrogens with one attached hydrogen (secondary N) is 1. The van der Waals surface area contributed by atoms with Gasteiger partial charge in [-0.3, -0.25) is 4.79 Å². The van der Waals surface area contributed by atoms with E-state index in [1.54, 1.807) is 40.1 Å². The van der Waals surface area contributed by atoms with Crippen LogP contribution in [0.3, 0.4) is 0 Å². The molecule has 3 heterocycles. The molecule has 9 heteroatoms. The van der Waals surface area contributed by atoms with Crippen LogP contribution in [0.15, 0.2) is 54.6 Å². The monoisotopic (exact) mass is 448 g/mol. The van der Waals surface area contributed by atoms with Crippen molar-refractivity contribution < 1.29 is 23.8 Å². The zero-order valence-corrected chi connectivity index (χ0v) is 17.6. The summed E-state index contributed by atoms with van der Waals surface area (Å²) in [7, 11) is 0. The second-order valence-electron chi connectivity index (χ2n) is 7.90. The summed E-state index contributed by atoms with van der Waals surface area (Å²) in [5, 5.41) is 11.4. The van der Waals surface area contributed by atoms with Crippen LogP contribution in [0.4, 0.5) is 9.18 Å². The second-order valence-corrected chi connectivity index (χ2v) is 7.90. The zero-order valence-electron chi connectivity index (χ0n) is 17.6. The number of aromatic nitrogens is 2. The maximum absolute atomic E-state index is 13.4. The van der Waals surface area contributed by atoms with Gasteiger partial charge in [-0.15, -0.1) is 0 Å². The molecule has 8 nitrogen and oxygen atoms in total. The molecule has 0 bridgehead atoms. The molecule has 2 aromatic carbocycles. The molecular formula is C24H21FN4O4. The van der Waals surface area contributed by atoms with Crippen molar-refractivity contribution in [3.8, 4) is 5.75 Å². The number of halogens is 1. The number of hydrogen-bond donors (Lipinski definition) is 2. The largest absolute Gasteiger partial charge is 0.506 e. The van der Waals surface area contributed by atoms with Crippen LogP contribution in [-0.4, -0.2) is 63.1 Å². The molecule has 168 valence electrons. The summed E-state index contributed by atoms with van der Waals surface area (Å²) in [4.78, 5) is 35.9. The quantitative estimate of drug-likeness (QED) is 0.499. The van der Waals surface area contributed by atoms with Crippen LogP contribution in [0.5, 0.6) is 5.75 Å². The smallest absolute Gasteiger partial charge is 0.410 e. The van der Waals surface area contributed by atoms with Gasteiger partial charge in [0.15, 0.2) is 0 Å². The standard InChI is InChI=1S/C24H21FN4O4/c25-17-5-7-19-16(12-17)13-20(27-19)23(31)28-8-10-29(11-9-28)24(32)33-14-18-6-4-15-2-1-3-21(30)22(15)26-18/h1-7,12-13,27,30H,8-11,14H2. The highest BCUT2D eigenvalue weighted by Crippen LogP contribution is 2.23. The van der Waals surface area contributed by atoms with Crippen molar-refractivity contribution in [3.63, 3.8) is 0 Å². The zero-order chi connectivity index (χ0) is 22.9. The molecule has 2 aromatic heterocycles. The van der Waals surface area contributed by atoms with Gasteiger partial charge >= 0.3 is 6.09 Å². The number of rotatable bonds is 3. The number of piperazine rings is 1. The van der Waals surface area contributed by atoms with Gasteiger partial charge in [-0.1, -0.05) is 18.2 Å². The number of aromatic amines is 1. The minimum atomic E-state index is -0.484. The number of phenolic OH excluding ortho intramolecular Hbond substituents is 1. The Morgan fingerprint density at radius 1 is 1.00 bits per heavy atom. The molecule has 1 fully saturated rings. The van der Waals surface area contributed by atoms with Crippen molar-refractivity contribution in [2.45, 2.75) is 6.61 Å². The topological polar surface area (TPSA) is 98.8 Å². The Morgan fingerprint density at radius 3 is 2.61 bits per heavy atom. The Labute approximate surface area is 188 Å². The van der Waals surface area contributed by atoms with Gasteiger partial charge in [0.2, 0.25) is 0 Å². The summed E-state index contributed by atoms with van der Waals surface area (Å²) in [6.07, 6.45) is -0.484. The molecule has 1 aliphatic rings. The molecule has 5 rings (SSSR count). The lowest BCUT2D eigenvalue weighted by Gasteiger charge is -2.33. The number of hydrogen-bond acceptors (Lipinski definition) is 5. The summed E-state index contributed by atoms with van der Waals surface area (Å²) >= 11 is 0. The van der Waals surface area contributed by atoms with Crippen molar-refractivity contribution in [2.24, 2.45) is 0 Å². The van der Waals surface area contributed by atoms with E-state index in [-0.39, 0.29) is 24.1 Å². The van der Waals surface area contributed by atoms with E-state index in [2.05, 4.69) is 9.97 Å². The first kappa shape index (κ1) is 20.7. The van der Waals surface area contributed by atoms with Crippen LogP contribution >= 0.6 is 0 Å². The van der Waals surface area contributed by atoms with E-state index in [9.17, 15) is 19.1 Å². The molecule has 2 N–H and O–H groups in total. The number of benzene rings is 2. The molecule has 0 atom stereocenters. The first-order valence-corrected chi connectivity index (χ1v) is 10.5. The predicted molar refractivity (Wildman–Crippen MR) is 119 cm³/mol. The Balaban J connectivity index is 1.17. The van der Waals surface area contributed by atoms with Gasteiger partial charge in [-0.2, -0.15) is 0 Å². The van der Waals surface area contributed by atoms with E-state index in [0.717, 1.165) is 5.39 Å². The van der Waals surface area contributed by atoms with Crippen LogP contribution in [0, 0.1) is 5.82 Å². The lowest BCUT2D eigenvalue weighted by Crippen LogP contribution is -2.50. The van der Waals surface area contributed by atoms with E-state index in [0.29, 0.717) is 54.0 Å². The van der Waals surface area contributed by atoms with Crippen molar-refractivity contribution in [2.75, 3.05) is 26.2 Å². The summed E-state index contributed by atoms with van der Waals surface area (Å²) < 4.78 is 18.8. The molecule has 4 aromatic rings. The minimum absolute atomic E-state index is 0.0200. The number of fused-ring (bicyclic) bond motifs is 2. The number of pyridine rings is 1. The molecule has 0 saturated carbocycles. The highest BCUT2D eigenvalue weighted by Gasteiger charge is 2.26. The summed E-state index contributed by atoms with van der Waals surface area (Å²) in [5.74, 6) is -0.482. The van der Waals surface area contributed by atoms with Gasteiger partial charge in [0.1, 0.15) is 29.4 Å². The molecule has 0 spiro atoms. The number of para-hydroxylation sites is 1. The molecular weight excluding hydrogens is 427 g/mol. The molecule has 1 saturated heterocycles. The normalized spacial score (nSPS) is 14.1. The first-order chi connectivity index (χ1) is 16.0. The Morgan fingerprint density at radius 2 is 1.79 bits per heavy atom. The second kappa shape index (κ2) is 8.42. The van der Waals surface area contributed by atoms with Crippen molar-refractivity contribution in [3.05, 3.63) is 71.8 Å². The van der Waals surface area contributed by atoms with Crippen LogP contribution in [0.1, 0.15) is 16.2 Å². The summed E-state index contributed by atoms with van der Waals surface area (Å²) in [6.45, 7) is 1.38. The fraction of sp³-hybridized carbons (Fsp3) is 0.208. The molecule has 0 unspecified atom stereocenters. The lowest BCUT2D eigenvalue weighted by molar-refractivity contribution is 0.0538. The van der Waals surface area contributed by atoms with Gasteiger partial charge in [-0.25, -0.2) is 14.2 Å². The Bertz CT molecular complexity index is 1360. The van der Waals surface area contributed by atoms with Crippen LogP contribution in [0.25, 0.3) is 21.8 Å². The highest BCUT2D eigenvalue weighted by molar-refractivity contribution is 5.98. The fourth-order valence-electron chi connectivity index (χ4n) is 3.96. The third-order valence-electron chi connectivity index (χ3n) is 5.74. The van der Waals surface area contributed by atoms with E-state index in [4.69, 9.17) is 4.74 Å². The molecule has 2 amide bonds. The van der Waals surface area contributed by atoms with Gasteiger partial charge < -0.3 is 24.6 Å². The minimum Gasteiger partial charge on any atom is -0.506 e. The third kappa shape index (κ3) is 4.17. The number of amides is 2. The van der Waals surface area contributed by atoms with Gasteiger partial charge in [0.25, 0.3) is 5.91 Å². The number of carbonyl (C=O) groups excluding carboxylic acids is 2. The van der Waals surface area contributed by atoms with E-state index in [1.807, 2.05) is 12.1 Å². The average molecular weight is 448 g/mol. The van der Waals surface area contributed by atoms with E-state index < -0.39 is 6.09 Å². The maximum atomic E-state index is 13.4. The lowest BCUT2D eigenvalue weighted by atomic mass is 10.2. The Kier molecular flexibility index (Phi) is 5.29. The Hall–Kier alpha value is -4.14. The highest BCUT2D eigenvalue weighted by atomic mass is 19.1. The molecule has 0 aliphatic carbocycles.